The third-order valence-electron chi connectivity index (χ3n) is 18.9. The van der Waals surface area contributed by atoms with Crippen LogP contribution in [0.5, 0.6) is 0 Å². The van der Waals surface area contributed by atoms with Crippen LogP contribution in [-0.2, 0) is 16.2 Å². The number of furan rings is 1. The molecule has 11 aromatic carbocycles. The highest BCUT2D eigenvalue weighted by atomic mass is 16.3. The van der Waals surface area contributed by atoms with Crippen molar-refractivity contribution in [3.8, 4) is 44.8 Å². The van der Waals surface area contributed by atoms with Crippen LogP contribution in [0.3, 0.4) is 0 Å². The lowest BCUT2D eigenvalue weighted by atomic mass is 9.81. The summed E-state index contributed by atoms with van der Waals surface area (Å²) in [7, 11) is 0. The van der Waals surface area contributed by atoms with Gasteiger partial charge in [0, 0.05) is 77.0 Å². The van der Waals surface area contributed by atoms with Gasteiger partial charge in [-0.05, 0) is 152 Å². The van der Waals surface area contributed by atoms with E-state index in [1.807, 2.05) is 0 Å². The summed E-state index contributed by atoms with van der Waals surface area (Å²) < 4.78 is 12.3. The molecule has 0 bridgehead atoms. The molecule has 376 valence electrons. The molecule has 0 amide bonds. The molecule has 3 heterocycles. The predicted molar refractivity (Wildman–Crippen MR) is 330 cm³/mol. The van der Waals surface area contributed by atoms with Gasteiger partial charge in [-0.3, -0.25) is 0 Å². The molecule has 0 unspecified atom stereocenters. The van der Waals surface area contributed by atoms with Gasteiger partial charge in [-0.25, -0.2) is 0 Å². The third kappa shape index (κ3) is 5.83. The fourth-order valence-corrected chi connectivity index (χ4v) is 15.0. The van der Waals surface area contributed by atoms with Crippen molar-refractivity contribution >= 4 is 82.6 Å². The van der Waals surface area contributed by atoms with Crippen LogP contribution < -0.4 is 4.90 Å². The Hall–Kier alpha value is -9.38. The van der Waals surface area contributed by atoms with E-state index in [1.165, 1.54) is 88.3 Å². The lowest BCUT2D eigenvalue weighted by Gasteiger charge is -2.31. The maximum Gasteiger partial charge on any atom is 0.160 e. The first-order valence-electron chi connectivity index (χ1n) is 27.9. The molecule has 79 heavy (non-hydrogen) atoms. The number of para-hydroxylation sites is 3. The lowest BCUT2D eigenvalue weighted by Crippen LogP contribution is -2.19. The van der Waals surface area contributed by atoms with Gasteiger partial charge in [0.15, 0.2) is 11.2 Å². The maximum absolute atomic E-state index is 7.41. The van der Waals surface area contributed by atoms with E-state index in [9.17, 15) is 0 Å². The zero-order valence-electron chi connectivity index (χ0n) is 45.1. The molecule has 0 aliphatic heterocycles. The normalized spacial score (nSPS) is 15.0. The van der Waals surface area contributed by atoms with Crippen LogP contribution in [-0.4, -0.2) is 9.13 Å². The van der Waals surface area contributed by atoms with E-state index in [-0.39, 0.29) is 16.2 Å². The third-order valence-corrected chi connectivity index (χ3v) is 18.9. The molecule has 17 rings (SSSR count). The summed E-state index contributed by atoms with van der Waals surface area (Å²) in [6, 6.07) is 84.1. The molecule has 3 aliphatic carbocycles. The second-order valence-corrected chi connectivity index (χ2v) is 24.0. The molecule has 4 nitrogen and oxygen atoms in total. The minimum atomic E-state index is -0.324. The van der Waals surface area contributed by atoms with E-state index < -0.39 is 0 Å². The predicted octanol–water partition coefficient (Wildman–Crippen LogP) is 20.2. The fraction of sp³-hybridized carbons (Fsp3) is 0.120. The summed E-state index contributed by atoms with van der Waals surface area (Å²) in [5.74, 6) is 0. The number of fused-ring (bicyclic) bond motifs is 20. The van der Waals surface area contributed by atoms with Crippen molar-refractivity contribution in [1.82, 2.24) is 9.13 Å². The van der Waals surface area contributed by atoms with Gasteiger partial charge in [0.1, 0.15) is 0 Å². The van der Waals surface area contributed by atoms with Crippen LogP contribution in [0.4, 0.5) is 17.1 Å². The van der Waals surface area contributed by atoms with Gasteiger partial charge in [0.2, 0.25) is 0 Å². The quantitative estimate of drug-likeness (QED) is 0.172. The van der Waals surface area contributed by atoms with Crippen LogP contribution in [0.15, 0.2) is 229 Å². The van der Waals surface area contributed by atoms with Gasteiger partial charge >= 0.3 is 0 Å². The standard InChI is InChI=1S/C75H55N3O/c1-73(2)61-24-14-10-20-49(61)51-32-28-45(40-63(51)73)76(46-29-33-52-50-21-11-15-25-62(50)74(3,4)64(52)41-46)47-30-34-53-54-35-31-48(43-66(54)75(5,6)65(53)42-47)78-68-27-17-13-23-56(68)58-37-39-60-59-38-36-57-55-22-12-16-26-67(55)77(44-18-8-7-9-19-44)69(57)71(59)79-72(60)70(58)78/h7-43H,1-6H3. The molecule has 3 aliphatic rings. The van der Waals surface area contributed by atoms with Crippen LogP contribution in [0.1, 0.15) is 74.9 Å². The van der Waals surface area contributed by atoms with Gasteiger partial charge in [-0.15, -0.1) is 0 Å². The van der Waals surface area contributed by atoms with Crippen molar-refractivity contribution in [3.05, 3.63) is 258 Å². The molecular weight excluding hydrogens is 959 g/mol. The summed E-state index contributed by atoms with van der Waals surface area (Å²) >= 11 is 0. The van der Waals surface area contributed by atoms with Crippen LogP contribution in [0.2, 0.25) is 0 Å². The van der Waals surface area contributed by atoms with Crippen molar-refractivity contribution in [2.45, 2.75) is 57.8 Å². The number of rotatable bonds is 5. The number of hydrogen-bond acceptors (Lipinski definition) is 2. The first kappa shape index (κ1) is 44.7. The molecule has 0 radical (unpaired) electrons. The molecule has 0 N–H and O–H groups in total. The average molecular weight is 1010 g/mol. The second-order valence-electron chi connectivity index (χ2n) is 24.0. The molecule has 0 saturated carbocycles. The lowest BCUT2D eigenvalue weighted by molar-refractivity contribution is 0.659. The van der Waals surface area contributed by atoms with Crippen molar-refractivity contribution < 1.29 is 4.42 Å². The van der Waals surface area contributed by atoms with Crippen LogP contribution >= 0.6 is 0 Å². The zero-order chi connectivity index (χ0) is 52.8. The van der Waals surface area contributed by atoms with Gasteiger partial charge in [-0.1, -0.05) is 181 Å². The van der Waals surface area contributed by atoms with Crippen molar-refractivity contribution in [1.29, 1.82) is 0 Å². The second kappa shape index (κ2) is 15.4. The molecule has 4 heteroatoms. The minimum Gasteiger partial charge on any atom is -0.452 e. The Morgan fingerprint density at radius 2 is 0.658 bits per heavy atom. The summed E-state index contributed by atoms with van der Waals surface area (Å²) in [5, 5.41) is 6.98. The van der Waals surface area contributed by atoms with Crippen molar-refractivity contribution in [2.24, 2.45) is 0 Å². The molecular formula is C75H55N3O. The van der Waals surface area contributed by atoms with Crippen molar-refractivity contribution in [3.63, 3.8) is 0 Å². The Morgan fingerprint density at radius 1 is 0.291 bits per heavy atom. The number of hydrogen-bond donors (Lipinski definition) is 0. The van der Waals surface area contributed by atoms with Gasteiger partial charge in [0.25, 0.3) is 0 Å². The Labute approximate surface area is 459 Å². The average Bonchev–Trinajstić information content (AvgIpc) is 4.02. The highest BCUT2D eigenvalue weighted by molar-refractivity contribution is 6.26. The smallest absolute Gasteiger partial charge is 0.160 e. The summed E-state index contributed by atoms with van der Waals surface area (Å²) in [6.07, 6.45) is 0. The highest BCUT2D eigenvalue weighted by Gasteiger charge is 2.40. The Balaban J connectivity index is 0.837. The Kier molecular flexibility index (Phi) is 8.73. The van der Waals surface area contributed by atoms with E-state index in [1.54, 1.807) is 0 Å². The van der Waals surface area contributed by atoms with Crippen LogP contribution in [0, 0.1) is 0 Å². The van der Waals surface area contributed by atoms with E-state index in [2.05, 4.69) is 280 Å². The van der Waals surface area contributed by atoms with Gasteiger partial charge < -0.3 is 18.5 Å². The van der Waals surface area contributed by atoms with Gasteiger partial charge in [-0.2, -0.15) is 0 Å². The van der Waals surface area contributed by atoms with E-state index in [0.29, 0.717) is 0 Å². The molecule has 3 aromatic heterocycles. The minimum absolute atomic E-state index is 0.142. The first-order chi connectivity index (χ1) is 38.5. The largest absolute Gasteiger partial charge is 0.452 e. The molecule has 0 fully saturated rings. The maximum atomic E-state index is 7.41. The molecule has 14 aromatic rings. The molecule has 0 saturated heterocycles. The number of benzene rings is 11. The number of anilines is 3. The highest BCUT2D eigenvalue weighted by Crippen LogP contribution is 2.56. The molecule has 0 spiro atoms. The Bertz CT molecular complexity index is 4890. The molecule has 0 atom stereocenters. The summed E-state index contributed by atoms with van der Waals surface area (Å²) in [4.78, 5) is 2.52. The fourth-order valence-electron chi connectivity index (χ4n) is 15.0. The van der Waals surface area contributed by atoms with Crippen LogP contribution in [0.25, 0.3) is 110 Å². The monoisotopic (exact) mass is 1010 g/mol. The summed E-state index contributed by atoms with van der Waals surface area (Å²) in [5.41, 5.74) is 27.4. The first-order valence-corrected chi connectivity index (χ1v) is 27.9. The van der Waals surface area contributed by atoms with Crippen molar-refractivity contribution in [2.75, 3.05) is 4.90 Å². The number of aromatic nitrogens is 2. The summed E-state index contributed by atoms with van der Waals surface area (Å²) in [6.45, 7) is 14.4. The topological polar surface area (TPSA) is 26.2 Å². The Morgan fingerprint density at radius 3 is 1.15 bits per heavy atom. The zero-order valence-corrected chi connectivity index (χ0v) is 45.1. The van der Waals surface area contributed by atoms with E-state index >= 15 is 0 Å². The number of nitrogens with zero attached hydrogens (tertiary/aromatic N) is 3. The van der Waals surface area contributed by atoms with Gasteiger partial charge in [0.05, 0.1) is 22.1 Å². The van der Waals surface area contributed by atoms with E-state index in [4.69, 9.17) is 4.42 Å². The SMILES string of the molecule is CC1(C)c2ccccc2-c2ccc(N(c3ccc4c(c3)C(C)(C)c3ccccc3-4)c3ccc4c(c3)C(C)(C)c3cc(-n5c6ccccc6c6ccc7c8ccc9c%10ccccc%10n(-c%10ccccc%10)c9c8oc7c65)ccc3-4)cc21. The van der Waals surface area contributed by atoms with E-state index in [0.717, 1.165) is 72.4 Å².